The molecule has 0 saturated carbocycles. The lowest BCUT2D eigenvalue weighted by Gasteiger charge is -2.07. The molecular formula is C26H22. The van der Waals surface area contributed by atoms with E-state index in [-0.39, 0.29) is 0 Å². The van der Waals surface area contributed by atoms with E-state index in [2.05, 4.69) is 111 Å². The summed E-state index contributed by atoms with van der Waals surface area (Å²) in [6.45, 7) is 4.25. The molecule has 0 aliphatic carbocycles. The lowest BCUT2D eigenvalue weighted by atomic mass is 9.97. The van der Waals surface area contributed by atoms with Crippen LogP contribution in [0.25, 0.3) is 33.4 Å². The molecule has 26 heavy (non-hydrogen) atoms. The number of rotatable bonds is 3. The first-order valence-electron chi connectivity index (χ1n) is 9.04. The fourth-order valence-electron chi connectivity index (χ4n) is 3.28. The molecule has 0 heterocycles. The molecule has 0 amide bonds. The third-order valence-corrected chi connectivity index (χ3v) is 4.84. The second kappa shape index (κ2) is 7.01. The molecule has 0 nitrogen and oxygen atoms in total. The molecule has 0 unspecified atom stereocenters. The summed E-state index contributed by atoms with van der Waals surface area (Å²) < 4.78 is 0. The summed E-state index contributed by atoms with van der Waals surface area (Å²) >= 11 is 0. The SMILES string of the molecule is Cc1ccc(-c2ccc(-c3ccc(-c4cccc(C)c4)cc3)cc2)cc1. The van der Waals surface area contributed by atoms with E-state index in [0.717, 1.165) is 0 Å². The van der Waals surface area contributed by atoms with Crippen molar-refractivity contribution in [2.45, 2.75) is 13.8 Å². The van der Waals surface area contributed by atoms with Crippen LogP contribution in [0.4, 0.5) is 0 Å². The van der Waals surface area contributed by atoms with E-state index < -0.39 is 0 Å². The maximum absolute atomic E-state index is 2.23. The van der Waals surface area contributed by atoms with Crippen molar-refractivity contribution in [2.75, 3.05) is 0 Å². The Morgan fingerprint density at radius 3 is 1.15 bits per heavy atom. The van der Waals surface area contributed by atoms with E-state index in [1.807, 2.05) is 0 Å². The largest absolute Gasteiger partial charge is 0.0614 e. The predicted octanol–water partition coefficient (Wildman–Crippen LogP) is 7.30. The maximum Gasteiger partial charge on any atom is -0.0181 e. The molecule has 4 aromatic carbocycles. The van der Waals surface area contributed by atoms with Crippen LogP contribution in [0.2, 0.25) is 0 Å². The standard InChI is InChI=1S/C26H22/c1-19-6-8-21(9-7-19)22-10-12-23(13-11-22)24-14-16-25(17-15-24)26-5-3-4-20(2)18-26/h3-18H,1-2H3. The highest BCUT2D eigenvalue weighted by atomic mass is 14.1. The minimum Gasteiger partial charge on any atom is -0.0614 e. The molecule has 0 fully saturated rings. The number of hydrogen-bond donors (Lipinski definition) is 0. The van der Waals surface area contributed by atoms with Gasteiger partial charge >= 0.3 is 0 Å². The second-order valence-corrected chi connectivity index (χ2v) is 6.89. The summed E-state index contributed by atoms with van der Waals surface area (Å²) in [5, 5.41) is 0. The molecule has 0 atom stereocenters. The van der Waals surface area contributed by atoms with Crippen molar-refractivity contribution in [1.29, 1.82) is 0 Å². The van der Waals surface area contributed by atoms with Gasteiger partial charge in [-0.15, -0.1) is 0 Å². The van der Waals surface area contributed by atoms with Crippen molar-refractivity contribution in [3.63, 3.8) is 0 Å². The van der Waals surface area contributed by atoms with Crippen LogP contribution in [0.1, 0.15) is 11.1 Å². The first-order chi connectivity index (χ1) is 12.7. The Bertz CT molecular complexity index is 1000. The van der Waals surface area contributed by atoms with Gasteiger partial charge in [0.25, 0.3) is 0 Å². The van der Waals surface area contributed by atoms with Crippen LogP contribution in [0.15, 0.2) is 97.1 Å². The van der Waals surface area contributed by atoms with Crippen molar-refractivity contribution >= 4 is 0 Å². The van der Waals surface area contributed by atoms with Gasteiger partial charge in [0, 0.05) is 0 Å². The van der Waals surface area contributed by atoms with Crippen LogP contribution in [-0.2, 0) is 0 Å². The van der Waals surface area contributed by atoms with Gasteiger partial charge in [-0.25, -0.2) is 0 Å². The van der Waals surface area contributed by atoms with Crippen molar-refractivity contribution in [1.82, 2.24) is 0 Å². The molecule has 0 bridgehead atoms. The van der Waals surface area contributed by atoms with Crippen LogP contribution in [0.5, 0.6) is 0 Å². The molecular weight excluding hydrogens is 312 g/mol. The molecule has 0 spiro atoms. The van der Waals surface area contributed by atoms with Gasteiger partial charge in [0.2, 0.25) is 0 Å². The fourth-order valence-corrected chi connectivity index (χ4v) is 3.28. The average Bonchev–Trinajstić information content (AvgIpc) is 2.69. The summed E-state index contributed by atoms with van der Waals surface area (Å²) in [7, 11) is 0. The van der Waals surface area contributed by atoms with Crippen LogP contribution in [0, 0.1) is 13.8 Å². The zero-order chi connectivity index (χ0) is 17.9. The Kier molecular flexibility index (Phi) is 4.41. The van der Waals surface area contributed by atoms with Gasteiger partial charge in [-0.2, -0.15) is 0 Å². The summed E-state index contributed by atoms with van der Waals surface area (Å²) in [6, 6.07) is 35.0. The molecule has 0 aliphatic rings. The molecule has 0 radical (unpaired) electrons. The van der Waals surface area contributed by atoms with Crippen LogP contribution in [0.3, 0.4) is 0 Å². The quantitative estimate of drug-likeness (QED) is 0.368. The van der Waals surface area contributed by atoms with Crippen LogP contribution >= 0.6 is 0 Å². The zero-order valence-electron chi connectivity index (χ0n) is 15.2. The third kappa shape index (κ3) is 3.45. The van der Waals surface area contributed by atoms with E-state index in [4.69, 9.17) is 0 Å². The van der Waals surface area contributed by atoms with Gasteiger partial charge in [-0.05, 0) is 47.2 Å². The van der Waals surface area contributed by atoms with Crippen molar-refractivity contribution in [3.05, 3.63) is 108 Å². The minimum absolute atomic E-state index is 1.25. The van der Waals surface area contributed by atoms with Gasteiger partial charge in [-0.1, -0.05) is 108 Å². The van der Waals surface area contributed by atoms with E-state index >= 15 is 0 Å². The molecule has 0 heteroatoms. The van der Waals surface area contributed by atoms with Crippen LogP contribution < -0.4 is 0 Å². The van der Waals surface area contributed by atoms with Gasteiger partial charge in [0.05, 0.1) is 0 Å². The molecule has 0 saturated heterocycles. The highest BCUT2D eigenvalue weighted by Gasteiger charge is 2.02. The van der Waals surface area contributed by atoms with Gasteiger partial charge in [0.1, 0.15) is 0 Å². The lowest BCUT2D eigenvalue weighted by Crippen LogP contribution is -1.83. The van der Waals surface area contributed by atoms with Crippen molar-refractivity contribution in [3.8, 4) is 33.4 Å². The molecule has 0 N–H and O–H groups in total. The first-order valence-corrected chi connectivity index (χ1v) is 9.04. The molecule has 4 rings (SSSR count). The normalized spacial score (nSPS) is 10.7. The highest BCUT2D eigenvalue weighted by Crippen LogP contribution is 2.27. The van der Waals surface area contributed by atoms with E-state index in [0.29, 0.717) is 0 Å². The minimum atomic E-state index is 1.25. The summed E-state index contributed by atoms with van der Waals surface area (Å²) in [5.74, 6) is 0. The lowest BCUT2D eigenvalue weighted by molar-refractivity contribution is 1.46. The third-order valence-electron chi connectivity index (χ3n) is 4.84. The Balaban J connectivity index is 1.59. The number of aryl methyl sites for hydroxylation is 2. The molecule has 0 aromatic heterocycles. The van der Waals surface area contributed by atoms with E-state index in [9.17, 15) is 0 Å². The predicted molar refractivity (Wildman–Crippen MR) is 112 cm³/mol. The first kappa shape index (κ1) is 16.4. The molecule has 126 valence electrons. The van der Waals surface area contributed by atoms with Crippen molar-refractivity contribution < 1.29 is 0 Å². The van der Waals surface area contributed by atoms with Crippen molar-refractivity contribution in [2.24, 2.45) is 0 Å². The maximum atomic E-state index is 2.23. The Morgan fingerprint density at radius 1 is 0.346 bits per heavy atom. The van der Waals surface area contributed by atoms with E-state index in [1.165, 1.54) is 44.5 Å². The average molecular weight is 334 g/mol. The number of benzene rings is 4. The topological polar surface area (TPSA) is 0 Å². The monoisotopic (exact) mass is 334 g/mol. The fraction of sp³-hybridized carbons (Fsp3) is 0.0769. The summed E-state index contributed by atoms with van der Waals surface area (Å²) in [5.41, 5.74) is 10.1. The Labute approximate surface area is 155 Å². The van der Waals surface area contributed by atoms with Gasteiger partial charge in [-0.3, -0.25) is 0 Å². The number of hydrogen-bond acceptors (Lipinski definition) is 0. The van der Waals surface area contributed by atoms with Gasteiger partial charge < -0.3 is 0 Å². The van der Waals surface area contributed by atoms with Crippen LogP contribution in [-0.4, -0.2) is 0 Å². The summed E-state index contributed by atoms with van der Waals surface area (Å²) in [6.07, 6.45) is 0. The van der Waals surface area contributed by atoms with E-state index in [1.54, 1.807) is 0 Å². The summed E-state index contributed by atoms with van der Waals surface area (Å²) in [4.78, 5) is 0. The molecule has 4 aromatic rings. The van der Waals surface area contributed by atoms with Gasteiger partial charge in [0.15, 0.2) is 0 Å². The smallest absolute Gasteiger partial charge is 0.0181 e. The Hall–Kier alpha value is -3.12. The molecule has 0 aliphatic heterocycles. The second-order valence-electron chi connectivity index (χ2n) is 6.89. The highest BCUT2D eigenvalue weighted by molar-refractivity contribution is 5.73. The zero-order valence-corrected chi connectivity index (χ0v) is 15.2. The Morgan fingerprint density at radius 2 is 0.731 bits per heavy atom.